The molecule has 6 nitrogen and oxygen atoms in total. The minimum atomic E-state index is -0.348. The Morgan fingerprint density at radius 3 is 2.62 bits per heavy atom. The number of halogens is 1. The highest BCUT2D eigenvalue weighted by Crippen LogP contribution is 2.20. The van der Waals surface area contributed by atoms with Gasteiger partial charge in [-0.25, -0.2) is 14.4 Å². The first-order valence-corrected chi connectivity index (χ1v) is 11.1. The fraction of sp³-hybridized carbons (Fsp3) is 0.148. The van der Waals surface area contributed by atoms with Crippen molar-refractivity contribution >= 4 is 17.4 Å². The van der Waals surface area contributed by atoms with Gasteiger partial charge >= 0.3 is 0 Å². The first kappa shape index (κ1) is 22.9. The number of nitrogens with one attached hydrogen (secondary N) is 2. The summed E-state index contributed by atoms with van der Waals surface area (Å²) in [7, 11) is 0. The van der Waals surface area contributed by atoms with Crippen LogP contribution in [0.4, 0.5) is 15.9 Å². The number of amides is 1. The lowest BCUT2D eigenvalue weighted by Gasteiger charge is -2.10. The van der Waals surface area contributed by atoms with Crippen molar-refractivity contribution in [3.05, 3.63) is 102 Å². The summed E-state index contributed by atoms with van der Waals surface area (Å²) in [5.74, 6) is 1.24. The van der Waals surface area contributed by atoms with Crippen LogP contribution in [0.25, 0.3) is 11.4 Å². The van der Waals surface area contributed by atoms with Crippen molar-refractivity contribution < 1.29 is 13.9 Å². The summed E-state index contributed by atoms with van der Waals surface area (Å²) in [5.41, 5.74) is 2.79. The summed E-state index contributed by atoms with van der Waals surface area (Å²) in [5, 5.41) is 6.12. The topological polar surface area (TPSA) is 76.1 Å². The molecule has 0 aliphatic carbocycles. The molecule has 0 spiro atoms. The van der Waals surface area contributed by atoms with Gasteiger partial charge in [0, 0.05) is 29.6 Å². The third kappa shape index (κ3) is 6.16. The largest absolute Gasteiger partial charge is 0.494 e. The Kier molecular flexibility index (Phi) is 7.45. The van der Waals surface area contributed by atoms with Crippen LogP contribution >= 0.6 is 0 Å². The normalized spacial score (nSPS) is 10.5. The van der Waals surface area contributed by atoms with Crippen molar-refractivity contribution in [2.24, 2.45) is 0 Å². The van der Waals surface area contributed by atoms with Crippen LogP contribution in [0, 0.1) is 5.82 Å². The second-order valence-corrected chi connectivity index (χ2v) is 7.66. The van der Waals surface area contributed by atoms with E-state index in [1.807, 2.05) is 30.3 Å². The maximum Gasteiger partial charge on any atom is 0.251 e. The predicted octanol–water partition coefficient (Wildman–Crippen LogP) is 5.75. The van der Waals surface area contributed by atoms with Crippen molar-refractivity contribution in [2.45, 2.75) is 19.9 Å². The summed E-state index contributed by atoms with van der Waals surface area (Å²) < 4.78 is 19.1. The number of carbonyl (C=O) groups excluding carboxylic acids is 1. The summed E-state index contributed by atoms with van der Waals surface area (Å²) in [4.78, 5) is 21.4. The number of rotatable bonds is 9. The molecule has 4 rings (SSSR count). The zero-order valence-corrected chi connectivity index (χ0v) is 18.8. The fourth-order valence-electron chi connectivity index (χ4n) is 3.29. The lowest BCUT2D eigenvalue weighted by Crippen LogP contribution is -2.22. The Morgan fingerprint density at radius 1 is 1.00 bits per heavy atom. The van der Waals surface area contributed by atoms with Crippen LogP contribution in [0.3, 0.4) is 0 Å². The minimum Gasteiger partial charge on any atom is -0.494 e. The van der Waals surface area contributed by atoms with E-state index in [4.69, 9.17) is 4.74 Å². The first-order valence-electron chi connectivity index (χ1n) is 11.1. The molecule has 3 aromatic carbocycles. The molecule has 0 radical (unpaired) electrons. The number of hydrogen-bond acceptors (Lipinski definition) is 5. The quantitative estimate of drug-likeness (QED) is 0.336. The number of aromatic nitrogens is 2. The Labute approximate surface area is 197 Å². The zero-order valence-electron chi connectivity index (χ0n) is 18.8. The molecule has 0 atom stereocenters. The summed E-state index contributed by atoms with van der Waals surface area (Å²) in [6, 6.07) is 22.7. The number of ether oxygens (including phenoxy) is 1. The molecule has 172 valence electrons. The second-order valence-electron chi connectivity index (χ2n) is 7.66. The van der Waals surface area contributed by atoms with Gasteiger partial charge < -0.3 is 15.4 Å². The van der Waals surface area contributed by atoms with E-state index in [1.165, 1.54) is 12.1 Å². The van der Waals surface area contributed by atoms with Gasteiger partial charge in [-0.3, -0.25) is 4.79 Å². The van der Waals surface area contributed by atoms with Gasteiger partial charge in [0.15, 0.2) is 5.82 Å². The van der Waals surface area contributed by atoms with Crippen molar-refractivity contribution in [3.8, 4) is 17.1 Å². The highest BCUT2D eigenvalue weighted by Gasteiger charge is 2.08. The van der Waals surface area contributed by atoms with Crippen molar-refractivity contribution in [1.29, 1.82) is 0 Å². The van der Waals surface area contributed by atoms with E-state index < -0.39 is 0 Å². The van der Waals surface area contributed by atoms with Gasteiger partial charge in [0.2, 0.25) is 0 Å². The summed E-state index contributed by atoms with van der Waals surface area (Å²) in [6.45, 7) is 3.15. The molecule has 7 heteroatoms. The lowest BCUT2D eigenvalue weighted by atomic mass is 10.1. The van der Waals surface area contributed by atoms with Gasteiger partial charge in [-0.05, 0) is 60.5 Å². The standard InChI is InChI=1S/C27H25FN4O2/c1-2-15-34-24-11-9-19(10-12-24)18-30-27(33)21-6-4-8-23(17-21)31-25-13-14-29-26(32-25)20-5-3-7-22(28)16-20/h3-14,16-17H,2,15,18H2,1H3,(H,30,33)(H,29,31,32). The molecule has 4 aromatic rings. The van der Waals surface area contributed by atoms with E-state index in [2.05, 4.69) is 27.5 Å². The third-order valence-corrected chi connectivity index (χ3v) is 4.98. The van der Waals surface area contributed by atoms with Gasteiger partial charge in [-0.15, -0.1) is 0 Å². The molecule has 1 aromatic heterocycles. The van der Waals surface area contributed by atoms with Crippen molar-refractivity contribution in [1.82, 2.24) is 15.3 Å². The van der Waals surface area contributed by atoms with Crippen LogP contribution in [0.15, 0.2) is 85.1 Å². The van der Waals surface area contributed by atoms with E-state index in [1.54, 1.807) is 42.6 Å². The van der Waals surface area contributed by atoms with E-state index in [9.17, 15) is 9.18 Å². The number of nitrogens with zero attached hydrogens (tertiary/aromatic N) is 2. The van der Waals surface area contributed by atoms with Crippen molar-refractivity contribution in [3.63, 3.8) is 0 Å². The summed E-state index contributed by atoms with van der Waals surface area (Å²) in [6.07, 6.45) is 2.56. The van der Waals surface area contributed by atoms with Crippen LogP contribution < -0.4 is 15.4 Å². The zero-order chi connectivity index (χ0) is 23.8. The van der Waals surface area contributed by atoms with Crippen LogP contribution in [0.5, 0.6) is 5.75 Å². The molecule has 1 heterocycles. The second kappa shape index (κ2) is 11.0. The Bertz CT molecular complexity index is 1260. The van der Waals surface area contributed by atoms with Gasteiger partial charge in [-0.2, -0.15) is 0 Å². The smallest absolute Gasteiger partial charge is 0.251 e. The van der Waals surface area contributed by atoms with Gasteiger partial charge in [0.25, 0.3) is 5.91 Å². The number of hydrogen-bond donors (Lipinski definition) is 2. The Morgan fingerprint density at radius 2 is 1.82 bits per heavy atom. The highest BCUT2D eigenvalue weighted by molar-refractivity contribution is 5.95. The monoisotopic (exact) mass is 456 g/mol. The van der Waals surface area contributed by atoms with E-state index in [0.717, 1.165) is 17.7 Å². The van der Waals surface area contributed by atoms with E-state index in [0.29, 0.717) is 41.6 Å². The number of anilines is 2. The number of carbonyl (C=O) groups is 1. The van der Waals surface area contributed by atoms with E-state index in [-0.39, 0.29) is 11.7 Å². The molecule has 0 unspecified atom stereocenters. The molecular weight excluding hydrogens is 431 g/mol. The SMILES string of the molecule is CCCOc1ccc(CNC(=O)c2cccc(Nc3ccnc(-c4cccc(F)c4)n3)c2)cc1. The molecule has 0 aliphatic rings. The van der Waals surface area contributed by atoms with Crippen molar-refractivity contribution in [2.75, 3.05) is 11.9 Å². The Hall–Kier alpha value is -4.26. The highest BCUT2D eigenvalue weighted by atomic mass is 19.1. The molecule has 0 saturated carbocycles. The first-order chi connectivity index (χ1) is 16.6. The maximum atomic E-state index is 13.5. The molecule has 34 heavy (non-hydrogen) atoms. The predicted molar refractivity (Wildman–Crippen MR) is 131 cm³/mol. The van der Waals surface area contributed by atoms with Crippen LogP contribution in [0.1, 0.15) is 29.3 Å². The van der Waals surface area contributed by atoms with Gasteiger partial charge in [0.1, 0.15) is 17.4 Å². The molecule has 1 amide bonds. The summed E-state index contributed by atoms with van der Waals surface area (Å²) >= 11 is 0. The average molecular weight is 457 g/mol. The van der Waals surface area contributed by atoms with Crippen LogP contribution in [-0.4, -0.2) is 22.5 Å². The minimum absolute atomic E-state index is 0.182. The average Bonchev–Trinajstić information content (AvgIpc) is 2.87. The molecule has 2 N–H and O–H groups in total. The van der Waals surface area contributed by atoms with E-state index >= 15 is 0 Å². The van der Waals surface area contributed by atoms with Crippen LogP contribution in [-0.2, 0) is 6.54 Å². The molecular formula is C27H25FN4O2. The van der Waals surface area contributed by atoms with Gasteiger partial charge in [-0.1, -0.05) is 37.3 Å². The fourth-order valence-corrected chi connectivity index (χ4v) is 3.29. The maximum absolute atomic E-state index is 13.5. The molecule has 0 bridgehead atoms. The Balaban J connectivity index is 1.39. The van der Waals surface area contributed by atoms with Gasteiger partial charge in [0.05, 0.1) is 6.61 Å². The lowest BCUT2D eigenvalue weighted by molar-refractivity contribution is 0.0951. The third-order valence-electron chi connectivity index (χ3n) is 4.98. The number of benzene rings is 3. The molecule has 0 saturated heterocycles. The molecule has 0 fully saturated rings. The van der Waals surface area contributed by atoms with Crippen LogP contribution in [0.2, 0.25) is 0 Å². The molecule has 0 aliphatic heterocycles.